The Labute approximate surface area is 184 Å². The molecule has 2 N–H and O–H groups in total. The molecular formula is C25H31N3O3. The Morgan fingerprint density at radius 3 is 2.03 bits per heavy atom. The van der Waals surface area contributed by atoms with Crippen molar-refractivity contribution >= 4 is 11.8 Å². The van der Waals surface area contributed by atoms with Crippen molar-refractivity contribution in [3.8, 4) is 0 Å². The van der Waals surface area contributed by atoms with Crippen LogP contribution in [-0.4, -0.2) is 53.0 Å². The molecule has 0 spiro atoms. The first-order chi connectivity index (χ1) is 14.9. The molecule has 2 unspecified atom stereocenters. The van der Waals surface area contributed by atoms with Gasteiger partial charge < -0.3 is 15.4 Å². The van der Waals surface area contributed by atoms with Gasteiger partial charge in [0.05, 0.1) is 12.2 Å². The molecule has 0 aromatic heterocycles. The van der Waals surface area contributed by atoms with E-state index >= 15 is 0 Å². The van der Waals surface area contributed by atoms with Crippen molar-refractivity contribution in [3.63, 3.8) is 0 Å². The minimum Gasteiger partial charge on any atom is -0.373 e. The quantitative estimate of drug-likeness (QED) is 0.745. The van der Waals surface area contributed by atoms with Crippen molar-refractivity contribution in [2.75, 3.05) is 13.1 Å². The lowest BCUT2D eigenvalue weighted by Gasteiger charge is -2.35. The van der Waals surface area contributed by atoms with Crippen molar-refractivity contribution in [3.05, 3.63) is 70.8 Å². The van der Waals surface area contributed by atoms with Crippen LogP contribution in [0.15, 0.2) is 48.5 Å². The SMILES string of the molecule is CC1CN(Cc2ccc(C(=O)N(Cc3ccc(C(N)=O)cc3)C3CC3)cc2)CC(C)O1. The van der Waals surface area contributed by atoms with Crippen molar-refractivity contribution in [2.24, 2.45) is 5.73 Å². The fraction of sp³-hybridized carbons (Fsp3) is 0.440. The first-order valence-corrected chi connectivity index (χ1v) is 11.1. The summed E-state index contributed by atoms with van der Waals surface area (Å²) < 4.78 is 5.81. The van der Waals surface area contributed by atoms with Gasteiger partial charge in [-0.05, 0) is 62.1 Å². The van der Waals surface area contributed by atoms with Crippen LogP contribution in [0.5, 0.6) is 0 Å². The van der Waals surface area contributed by atoms with Crippen LogP contribution in [-0.2, 0) is 17.8 Å². The van der Waals surface area contributed by atoms with Crippen LogP contribution in [0.1, 0.15) is 58.5 Å². The van der Waals surface area contributed by atoms with Gasteiger partial charge in [-0.1, -0.05) is 24.3 Å². The smallest absolute Gasteiger partial charge is 0.254 e. The van der Waals surface area contributed by atoms with E-state index in [9.17, 15) is 9.59 Å². The van der Waals surface area contributed by atoms with Crippen molar-refractivity contribution in [1.29, 1.82) is 0 Å². The molecule has 31 heavy (non-hydrogen) atoms. The van der Waals surface area contributed by atoms with E-state index in [-0.39, 0.29) is 18.1 Å². The summed E-state index contributed by atoms with van der Waals surface area (Å²) in [6.45, 7) is 7.47. The number of nitrogens with zero attached hydrogens (tertiary/aromatic N) is 2. The van der Waals surface area contributed by atoms with Crippen LogP contribution < -0.4 is 5.73 Å². The Kier molecular flexibility index (Phi) is 6.39. The maximum Gasteiger partial charge on any atom is 0.254 e. The van der Waals surface area contributed by atoms with E-state index < -0.39 is 5.91 Å². The molecule has 2 aromatic carbocycles. The highest BCUT2D eigenvalue weighted by Gasteiger charge is 2.33. The second-order valence-corrected chi connectivity index (χ2v) is 8.87. The van der Waals surface area contributed by atoms with Crippen LogP contribution in [0.2, 0.25) is 0 Å². The van der Waals surface area contributed by atoms with E-state index in [1.807, 2.05) is 29.2 Å². The van der Waals surface area contributed by atoms with Crippen LogP contribution in [0.3, 0.4) is 0 Å². The maximum absolute atomic E-state index is 13.2. The fourth-order valence-corrected chi connectivity index (χ4v) is 4.31. The lowest BCUT2D eigenvalue weighted by Crippen LogP contribution is -2.44. The molecule has 1 aliphatic heterocycles. The zero-order chi connectivity index (χ0) is 22.0. The summed E-state index contributed by atoms with van der Waals surface area (Å²) in [5, 5.41) is 0. The summed E-state index contributed by atoms with van der Waals surface area (Å²) in [4.78, 5) is 28.8. The Hall–Kier alpha value is -2.70. The number of ether oxygens (including phenoxy) is 1. The monoisotopic (exact) mass is 421 g/mol. The molecule has 2 amide bonds. The van der Waals surface area contributed by atoms with E-state index in [2.05, 4.69) is 30.9 Å². The first kappa shape index (κ1) is 21.5. The molecule has 1 heterocycles. The van der Waals surface area contributed by atoms with Gasteiger partial charge in [0.1, 0.15) is 0 Å². The Bertz CT molecular complexity index is 912. The molecule has 2 aromatic rings. The molecule has 1 saturated heterocycles. The largest absolute Gasteiger partial charge is 0.373 e. The number of primary amides is 1. The van der Waals surface area contributed by atoms with Gasteiger partial charge in [-0.15, -0.1) is 0 Å². The first-order valence-electron chi connectivity index (χ1n) is 11.1. The number of morpholine rings is 1. The third-order valence-electron chi connectivity index (χ3n) is 5.94. The maximum atomic E-state index is 13.2. The number of hydrogen-bond acceptors (Lipinski definition) is 4. The molecule has 2 fully saturated rings. The number of carbonyl (C=O) groups excluding carboxylic acids is 2. The molecule has 6 nitrogen and oxygen atoms in total. The molecule has 2 aliphatic rings. The molecule has 164 valence electrons. The van der Waals surface area contributed by atoms with Gasteiger partial charge in [-0.2, -0.15) is 0 Å². The van der Waals surface area contributed by atoms with Gasteiger partial charge in [0, 0.05) is 43.3 Å². The number of benzene rings is 2. The van der Waals surface area contributed by atoms with Crippen molar-refractivity contribution < 1.29 is 14.3 Å². The molecule has 0 bridgehead atoms. The van der Waals surface area contributed by atoms with Crippen molar-refractivity contribution in [1.82, 2.24) is 9.80 Å². The second-order valence-electron chi connectivity index (χ2n) is 8.87. The van der Waals surface area contributed by atoms with E-state index in [1.165, 1.54) is 5.56 Å². The Morgan fingerprint density at radius 2 is 1.48 bits per heavy atom. The Morgan fingerprint density at radius 1 is 0.935 bits per heavy atom. The predicted molar refractivity (Wildman–Crippen MR) is 120 cm³/mol. The summed E-state index contributed by atoms with van der Waals surface area (Å²) in [5.74, 6) is -0.385. The van der Waals surface area contributed by atoms with Gasteiger partial charge in [-0.25, -0.2) is 0 Å². The number of carbonyl (C=O) groups is 2. The zero-order valence-corrected chi connectivity index (χ0v) is 18.3. The van der Waals surface area contributed by atoms with Crippen LogP contribution in [0.25, 0.3) is 0 Å². The molecule has 4 rings (SSSR count). The third-order valence-corrected chi connectivity index (χ3v) is 5.94. The normalized spacial score (nSPS) is 21.6. The number of amides is 2. The van der Waals surface area contributed by atoms with E-state index in [1.54, 1.807) is 12.1 Å². The highest BCUT2D eigenvalue weighted by atomic mass is 16.5. The molecule has 1 saturated carbocycles. The van der Waals surface area contributed by atoms with Gasteiger partial charge in [0.2, 0.25) is 5.91 Å². The van der Waals surface area contributed by atoms with Crippen LogP contribution in [0.4, 0.5) is 0 Å². The van der Waals surface area contributed by atoms with Crippen LogP contribution in [0, 0.1) is 0 Å². The molecular weight excluding hydrogens is 390 g/mol. The average Bonchev–Trinajstić information content (AvgIpc) is 3.57. The minimum absolute atomic E-state index is 0.0571. The number of rotatable bonds is 7. The zero-order valence-electron chi connectivity index (χ0n) is 18.3. The number of nitrogens with two attached hydrogens (primary N) is 1. The van der Waals surface area contributed by atoms with Gasteiger partial charge in [-0.3, -0.25) is 14.5 Å². The van der Waals surface area contributed by atoms with Crippen LogP contribution >= 0.6 is 0 Å². The van der Waals surface area contributed by atoms with E-state index in [0.29, 0.717) is 23.7 Å². The lowest BCUT2D eigenvalue weighted by molar-refractivity contribution is -0.0704. The fourth-order valence-electron chi connectivity index (χ4n) is 4.31. The summed E-state index contributed by atoms with van der Waals surface area (Å²) in [6.07, 6.45) is 2.56. The highest BCUT2D eigenvalue weighted by molar-refractivity contribution is 5.95. The molecule has 0 radical (unpaired) electrons. The van der Waals surface area contributed by atoms with Gasteiger partial charge >= 0.3 is 0 Å². The number of hydrogen-bond donors (Lipinski definition) is 1. The summed E-state index contributed by atoms with van der Waals surface area (Å²) >= 11 is 0. The van der Waals surface area contributed by atoms with Gasteiger partial charge in [0.15, 0.2) is 0 Å². The lowest BCUT2D eigenvalue weighted by atomic mass is 10.1. The Balaban J connectivity index is 1.41. The summed E-state index contributed by atoms with van der Waals surface area (Å²) in [6, 6.07) is 15.5. The summed E-state index contributed by atoms with van der Waals surface area (Å²) in [5.41, 5.74) is 8.72. The third kappa shape index (κ3) is 5.51. The summed E-state index contributed by atoms with van der Waals surface area (Å²) in [7, 11) is 0. The molecule has 6 heteroatoms. The van der Waals surface area contributed by atoms with E-state index in [4.69, 9.17) is 10.5 Å². The topological polar surface area (TPSA) is 75.9 Å². The van der Waals surface area contributed by atoms with Gasteiger partial charge in [0.25, 0.3) is 5.91 Å². The standard InChI is InChI=1S/C25H31N3O3/c1-17-13-27(14-18(2)31-17)15-19-5-9-22(10-6-19)25(30)28(23-11-12-23)16-20-3-7-21(8-4-20)24(26)29/h3-10,17-18,23H,11-16H2,1-2H3,(H2,26,29). The average molecular weight is 422 g/mol. The van der Waals surface area contributed by atoms with Crippen molar-refractivity contribution in [2.45, 2.75) is 58.0 Å². The highest BCUT2D eigenvalue weighted by Crippen LogP contribution is 2.30. The van der Waals surface area contributed by atoms with E-state index in [0.717, 1.165) is 38.0 Å². The molecule has 2 atom stereocenters. The predicted octanol–water partition coefficient (Wildman–Crippen LogP) is 3.20. The minimum atomic E-state index is -0.442. The second kappa shape index (κ2) is 9.20. The molecule has 1 aliphatic carbocycles.